The molecular formula is C19H23N3O3. The van der Waals surface area contributed by atoms with Gasteiger partial charge >= 0.3 is 6.03 Å². The Labute approximate surface area is 147 Å². The standard InChI is InChI=1S/C19H23N3O3/c23-19(20-17-7-13-25-18-6-2-1-5-16(17)18)22-10-8-21(9-11-22)14-15-4-3-12-24-15/h1-6,12,17H,7-11,13-14H2,(H,20,23)/t17-/m0/s1. The van der Waals surface area contributed by atoms with Gasteiger partial charge in [0.25, 0.3) is 0 Å². The van der Waals surface area contributed by atoms with Crippen LogP contribution in [0.4, 0.5) is 4.79 Å². The minimum Gasteiger partial charge on any atom is -0.493 e. The zero-order valence-electron chi connectivity index (χ0n) is 14.2. The van der Waals surface area contributed by atoms with E-state index in [1.165, 1.54) is 0 Å². The average molecular weight is 341 g/mol. The molecule has 4 rings (SSSR count). The monoisotopic (exact) mass is 341 g/mol. The molecule has 1 saturated heterocycles. The molecule has 0 bridgehead atoms. The zero-order chi connectivity index (χ0) is 17.1. The van der Waals surface area contributed by atoms with E-state index in [0.717, 1.165) is 56.2 Å². The van der Waals surface area contributed by atoms with Crippen LogP contribution in [-0.4, -0.2) is 48.6 Å². The van der Waals surface area contributed by atoms with Crippen LogP contribution in [0.5, 0.6) is 5.75 Å². The number of amides is 2. The summed E-state index contributed by atoms with van der Waals surface area (Å²) in [6.07, 6.45) is 2.51. The number of urea groups is 1. The molecule has 2 aromatic rings. The van der Waals surface area contributed by atoms with Crippen molar-refractivity contribution in [3.8, 4) is 5.75 Å². The molecule has 0 unspecified atom stereocenters. The SMILES string of the molecule is O=C(N[C@H]1CCOc2ccccc21)N1CCN(Cc2ccco2)CC1. The van der Waals surface area contributed by atoms with Crippen molar-refractivity contribution < 1.29 is 13.9 Å². The number of hydrogen-bond donors (Lipinski definition) is 1. The lowest BCUT2D eigenvalue weighted by atomic mass is 10.0. The van der Waals surface area contributed by atoms with Crippen LogP contribution in [0.25, 0.3) is 0 Å². The van der Waals surface area contributed by atoms with Gasteiger partial charge in [-0.15, -0.1) is 0 Å². The lowest BCUT2D eigenvalue weighted by molar-refractivity contribution is 0.126. The first kappa shape index (κ1) is 16.0. The molecule has 1 fully saturated rings. The second kappa shape index (κ2) is 7.19. The Morgan fingerprint density at radius 1 is 1.12 bits per heavy atom. The van der Waals surface area contributed by atoms with E-state index < -0.39 is 0 Å². The van der Waals surface area contributed by atoms with Gasteiger partial charge in [-0.1, -0.05) is 18.2 Å². The van der Waals surface area contributed by atoms with E-state index in [9.17, 15) is 4.79 Å². The van der Waals surface area contributed by atoms with Gasteiger partial charge in [0.1, 0.15) is 11.5 Å². The number of ether oxygens (including phenoxy) is 1. The van der Waals surface area contributed by atoms with E-state index in [1.54, 1.807) is 6.26 Å². The van der Waals surface area contributed by atoms with Crippen molar-refractivity contribution in [3.05, 3.63) is 54.0 Å². The number of nitrogens with one attached hydrogen (secondary N) is 1. The van der Waals surface area contributed by atoms with Gasteiger partial charge in [-0.2, -0.15) is 0 Å². The molecular weight excluding hydrogens is 318 g/mol. The summed E-state index contributed by atoms with van der Waals surface area (Å²) >= 11 is 0. The van der Waals surface area contributed by atoms with Crippen LogP contribution in [0.1, 0.15) is 23.8 Å². The second-order valence-corrected chi connectivity index (χ2v) is 6.52. The summed E-state index contributed by atoms with van der Waals surface area (Å²) in [7, 11) is 0. The zero-order valence-corrected chi connectivity index (χ0v) is 14.2. The molecule has 0 radical (unpaired) electrons. The Morgan fingerprint density at radius 3 is 2.76 bits per heavy atom. The topological polar surface area (TPSA) is 58.0 Å². The molecule has 6 nitrogen and oxygen atoms in total. The van der Waals surface area contributed by atoms with Gasteiger partial charge in [0.15, 0.2) is 0 Å². The molecule has 132 valence electrons. The molecule has 0 saturated carbocycles. The molecule has 0 aliphatic carbocycles. The Hall–Kier alpha value is -2.47. The van der Waals surface area contributed by atoms with Gasteiger partial charge in [-0.3, -0.25) is 4.90 Å². The molecule has 2 aliphatic rings. The Morgan fingerprint density at radius 2 is 1.96 bits per heavy atom. The van der Waals surface area contributed by atoms with Gasteiger partial charge < -0.3 is 19.4 Å². The van der Waals surface area contributed by atoms with Gasteiger partial charge in [0.2, 0.25) is 0 Å². The fraction of sp³-hybridized carbons (Fsp3) is 0.421. The van der Waals surface area contributed by atoms with E-state index in [0.29, 0.717) is 6.61 Å². The fourth-order valence-electron chi connectivity index (χ4n) is 3.46. The quantitative estimate of drug-likeness (QED) is 0.932. The van der Waals surface area contributed by atoms with Crippen molar-refractivity contribution in [3.63, 3.8) is 0 Å². The molecule has 6 heteroatoms. The minimum atomic E-state index is 0.0133. The van der Waals surface area contributed by atoms with E-state index in [1.807, 2.05) is 41.3 Å². The van der Waals surface area contributed by atoms with Crippen LogP contribution in [0, 0.1) is 0 Å². The third-order valence-electron chi connectivity index (χ3n) is 4.88. The first-order valence-electron chi connectivity index (χ1n) is 8.81. The van der Waals surface area contributed by atoms with Crippen molar-refractivity contribution in [1.82, 2.24) is 15.1 Å². The number of benzene rings is 1. The first-order chi connectivity index (χ1) is 12.3. The van der Waals surface area contributed by atoms with Crippen molar-refractivity contribution in [1.29, 1.82) is 0 Å². The molecule has 25 heavy (non-hydrogen) atoms. The molecule has 0 spiro atoms. The van der Waals surface area contributed by atoms with Crippen LogP contribution in [0.3, 0.4) is 0 Å². The van der Waals surface area contributed by atoms with E-state index >= 15 is 0 Å². The molecule has 2 amide bonds. The maximum Gasteiger partial charge on any atom is 0.317 e. The number of fused-ring (bicyclic) bond motifs is 1. The predicted octanol–water partition coefficient (Wildman–Crippen LogP) is 2.63. The number of hydrogen-bond acceptors (Lipinski definition) is 4. The van der Waals surface area contributed by atoms with Crippen molar-refractivity contribution in [2.24, 2.45) is 0 Å². The minimum absolute atomic E-state index is 0.0133. The molecule has 1 atom stereocenters. The highest BCUT2D eigenvalue weighted by Crippen LogP contribution is 2.31. The summed E-state index contributed by atoms with van der Waals surface area (Å²) in [5.41, 5.74) is 1.07. The summed E-state index contributed by atoms with van der Waals surface area (Å²) in [6, 6.07) is 11.9. The first-order valence-corrected chi connectivity index (χ1v) is 8.81. The van der Waals surface area contributed by atoms with Crippen LogP contribution in [0.2, 0.25) is 0 Å². The number of nitrogens with zero attached hydrogens (tertiary/aromatic N) is 2. The number of carbonyl (C=O) groups excluding carboxylic acids is 1. The van der Waals surface area contributed by atoms with Gasteiger partial charge in [0, 0.05) is 38.2 Å². The van der Waals surface area contributed by atoms with Crippen molar-refractivity contribution >= 4 is 6.03 Å². The van der Waals surface area contributed by atoms with Gasteiger partial charge in [-0.05, 0) is 18.2 Å². The number of para-hydroxylation sites is 1. The molecule has 1 aromatic heterocycles. The summed E-state index contributed by atoms with van der Waals surface area (Å²) in [4.78, 5) is 16.8. The van der Waals surface area contributed by atoms with Gasteiger partial charge in [0.05, 0.1) is 25.5 Å². The van der Waals surface area contributed by atoms with E-state index in [4.69, 9.17) is 9.15 Å². The smallest absolute Gasteiger partial charge is 0.317 e. The van der Waals surface area contributed by atoms with Crippen LogP contribution in [0.15, 0.2) is 47.1 Å². The molecule has 2 aliphatic heterocycles. The van der Waals surface area contributed by atoms with Crippen LogP contribution in [-0.2, 0) is 6.54 Å². The highest BCUT2D eigenvalue weighted by molar-refractivity contribution is 5.75. The van der Waals surface area contributed by atoms with E-state index in [2.05, 4.69) is 10.2 Å². The Balaban J connectivity index is 1.31. The Bertz CT molecular complexity index is 708. The average Bonchev–Trinajstić information content (AvgIpc) is 3.16. The third kappa shape index (κ3) is 3.64. The highest BCUT2D eigenvalue weighted by atomic mass is 16.5. The van der Waals surface area contributed by atoms with Crippen molar-refractivity contribution in [2.75, 3.05) is 32.8 Å². The molecule has 1 aromatic carbocycles. The molecule has 1 N–H and O–H groups in total. The Kier molecular flexibility index (Phi) is 4.61. The number of piperazine rings is 1. The number of carbonyl (C=O) groups is 1. The lowest BCUT2D eigenvalue weighted by Gasteiger charge is -2.36. The third-order valence-corrected chi connectivity index (χ3v) is 4.88. The largest absolute Gasteiger partial charge is 0.493 e. The second-order valence-electron chi connectivity index (χ2n) is 6.52. The molecule has 3 heterocycles. The summed E-state index contributed by atoms with van der Waals surface area (Å²) < 4.78 is 11.1. The summed E-state index contributed by atoms with van der Waals surface area (Å²) in [5.74, 6) is 1.85. The maximum atomic E-state index is 12.6. The van der Waals surface area contributed by atoms with Crippen molar-refractivity contribution in [2.45, 2.75) is 19.0 Å². The van der Waals surface area contributed by atoms with E-state index in [-0.39, 0.29) is 12.1 Å². The summed E-state index contributed by atoms with van der Waals surface area (Å²) in [5, 5.41) is 3.18. The fourth-order valence-corrected chi connectivity index (χ4v) is 3.46. The van der Waals surface area contributed by atoms with Gasteiger partial charge in [-0.25, -0.2) is 4.79 Å². The predicted molar refractivity (Wildman–Crippen MR) is 93.4 cm³/mol. The lowest BCUT2D eigenvalue weighted by Crippen LogP contribution is -2.52. The highest BCUT2D eigenvalue weighted by Gasteiger charge is 2.26. The van der Waals surface area contributed by atoms with Crippen LogP contribution >= 0.6 is 0 Å². The maximum absolute atomic E-state index is 12.6. The summed E-state index contributed by atoms with van der Waals surface area (Å²) in [6.45, 7) is 4.63. The number of rotatable bonds is 3. The normalized spacial score (nSPS) is 20.6. The number of furan rings is 1. The van der Waals surface area contributed by atoms with Crippen LogP contribution < -0.4 is 10.1 Å².